The van der Waals surface area contributed by atoms with Crippen LogP contribution in [0.4, 0.5) is 5.69 Å². The van der Waals surface area contributed by atoms with Crippen LogP contribution in [-0.2, 0) is 27.8 Å². The summed E-state index contributed by atoms with van der Waals surface area (Å²) in [7, 11) is -3.75. The van der Waals surface area contributed by atoms with E-state index in [2.05, 4.69) is 14.8 Å². The number of benzene rings is 1. The van der Waals surface area contributed by atoms with Crippen LogP contribution in [0.5, 0.6) is 0 Å². The molecule has 0 radical (unpaired) electrons. The van der Waals surface area contributed by atoms with Gasteiger partial charge in [0.05, 0.1) is 10.9 Å². The monoisotopic (exact) mass is 389 g/mol. The molecule has 0 saturated carbocycles. The summed E-state index contributed by atoms with van der Waals surface area (Å²) in [5.41, 5.74) is 1.70. The molecule has 1 aromatic carbocycles. The van der Waals surface area contributed by atoms with Crippen LogP contribution in [0.3, 0.4) is 0 Å². The summed E-state index contributed by atoms with van der Waals surface area (Å²) < 4.78 is 30.6. The first-order valence-electron chi connectivity index (χ1n) is 9.20. The first-order valence-corrected chi connectivity index (χ1v) is 10.7. The first kappa shape index (κ1) is 18.1. The van der Waals surface area contributed by atoms with Gasteiger partial charge in [-0.05, 0) is 50.3 Å². The van der Waals surface area contributed by atoms with Gasteiger partial charge in [0.25, 0.3) is 0 Å². The minimum Gasteiger partial charge on any atom is -0.312 e. The second-order valence-electron chi connectivity index (χ2n) is 7.12. The van der Waals surface area contributed by atoms with Gasteiger partial charge in [0.15, 0.2) is 0 Å². The molecule has 1 atom stereocenters. The number of amides is 1. The second kappa shape index (κ2) is 6.72. The van der Waals surface area contributed by atoms with Crippen LogP contribution in [0, 0.1) is 6.92 Å². The molecule has 144 valence electrons. The van der Waals surface area contributed by atoms with E-state index in [9.17, 15) is 13.2 Å². The van der Waals surface area contributed by atoms with Gasteiger partial charge in [-0.1, -0.05) is 6.07 Å². The van der Waals surface area contributed by atoms with Gasteiger partial charge in [0.2, 0.25) is 15.9 Å². The summed E-state index contributed by atoms with van der Waals surface area (Å²) in [6.07, 6.45) is 3.25. The van der Waals surface area contributed by atoms with E-state index in [0.717, 1.165) is 31.4 Å². The molecule has 1 aromatic heterocycles. The predicted molar refractivity (Wildman–Crippen MR) is 99.8 cm³/mol. The quantitative estimate of drug-likeness (QED) is 0.862. The fraction of sp³-hybridized carbons (Fsp3) is 0.500. The van der Waals surface area contributed by atoms with Crippen molar-refractivity contribution < 1.29 is 13.2 Å². The number of sulfonamides is 1. The van der Waals surface area contributed by atoms with Gasteiger partial charge >= 0.3 is 0 Å². The molecule has 3 heterocycles. The third-order valence-electron chi connectivity index (χ3n) is 5.14. The summed E-state index contributed by atoms with van der Waals surface area (Å²) in [5.74, 6) is 1.22. The largest absolute Gasteiger partial charge is 0.312 e. The van der Waals surface area contributed by atoms with Crippen molar-refractivity contribution in [1.29, 1.82) is 0 Å². The summed E-state index contributed by atoms with van der Waals surface area (Å²) >= 11 is 0. The zero-order valence-electron chi connectivity index (χ0n) is 15.5. The minimum atomic E-state index is -3.75. The number of hydrogen-bond acceptors (Lipinski definition) is 5. The Morgan fingerprint density at radius 1 is 1.26 bits per heavy atom. The van der Waals surface area contributed by atoms with Crippen molar-refractivity contribution >= 4 is 21.6 Å². The predicted octanol–water partition coefficient (Wildman–Crippen LogP) is 1.70. The van der Waals surface area contributed by atoms with Crippen LogP contribution in [0.25, 0.3) is 0 Å². The number of aryl methyl sites for hydroxylation is 3. The number of aromatic nitrogens is 3. The second-order valence-corrected chi connectivity index (χ2v) is 8.84. The lowest BCUT2D eigenvalue weighted by Gasteiger charge is -2.29. The number of rotatable bonds is 3. The Labute approximate surface area is 158 Å². The molecule has 0 saturated heterocycles. The lowest BCUT2D eigenvalue weighted by Crippen LogP contribution is -2.35. The van der Waals surface area contributed by atoms with E-state index in [1.807, 2.05) is 6.07 Å². The third kappa shape index (κ3) is 3.37. The highest BCUT2D eigenvalue weighted by atomic mass is 32.2. The van der Waals surface area contributed by atoms with Gasteiger partial charge in [-0.3, -0.25) is 4.79 Å². The zero-order valence-corrected chi connectivity index (χ0v) is 16.3. The maximum Gasteiger partial charge on any atom is 0.241 e. The van der Waals surface area contributed by atoms with Gasteiger partial charge in [-0.2, -0.15) is 5.10 Å². The van der Waals surface area contributed by atoms with E-state index in [1.165, 1.54) is 6.92 Å². The number of carbonyl (C=O) groups is 1. The Morgan fingerprint density at radius 2 is 2.07 bits per heavy atom. The Bertz CT molecular complexity index is 998. The fourth-order valence-electron chi connectivity index (χ4n) is 3.88. The summed E-state index contributed by atoms with van der Waals surface area (Å²) in [6.45, 7) is 4.67. The smallest absolute Gasteiger partial charge is 0.241 e. The van der Waals surface area contributed by atoms with E-state index in [4.69, 9.17) is 0 Å². The van der Waals surface area contributed by atoms with Gasteiger partial charge in [-0.25, -0.2) is 22.8 Å². The molecule has 0 bridgehead atoms. The van der Waals surface area contributed by atoms with Crippen molar-refractivity contribution in [2.45, 2.75) is 57.0 Å². The molecule has 0 unspecified atom stereocenters. The van der Waals surface area contributed by atoms with Crippen LogP contribution >= 0.6 is 0 Å². The van der Waals surface area contributed by atoms with Crippen LogP contribution in [0.2, 0.25) is 0 Å². The normalized spacial score (nSPS) is 19.5. The molecule has 0 aliphatic carbocycles. The van der Waals surface area contributed by atoms with Gasteiger partial charge < -0.3 is 4.90 Å². The summed E-state index contributed by atoms with van der Waals surface area (Å²) in [5, 5.41) is 4.32. The lowest BCUT2D eigenvalue weighted by molar-refractivity contribution is -0.116. The SMILES string of the molecule is CC(=O)N1CCCc2ccc(S(=O)(=O)N[C@H]3CCCn4nc(C)nc43)cc21. The van der Waals surface area contributed by atoms with E-state index in [0.29, 0.717) is 30.3 Å². The number of anilines is 1. The molecular formula is C18H23N5O3S. The van der Waals surface area contributed by atoms with E-state index < -0.39 is 16.1 Å². The van der Waals surface area contributed by atoms with Gasteiger partial charge in [-0.15, -0.1) is 0 Å². The van der Waals surface area contributed by atoms with Crippen molar-refractivity contribution in [1.82, 2.24) is 19.5 Å². The number of hydrogen-bond donors (Lipinski definition) is 1. The molecule has 8 nitrogen and oxygen atoms in total. The van der Waals surface area contributed by atoms with Crippen LogP contribution < -0.4 is 9.62 Å². The maximum atomic E-state index is 13.0. The van der Waals surface area contributed by atoms with E-state index in [1.54, 1.807) is 28.6 Å². The van der Waals surface area contributed by atoms with Gasteiger partial charge in [0.1, 0.15) is 11.6 Å². The average Bonchev–Trinajstić information content (AvgIpc) is 3.01. The summed E-state index contributed by atoms with van der Waals surface area (Å²) in [6, 6.07) is 4.64. The molecule has 1 N–H and O–H groups in total. The van der Waals surface area contributed by atoms with Crippen molar-refractivity contribution in [2.75, 3.05) is 11.4 Å². The van der Waals surface area contributed by atoms with Crippen molar-refractivity contribution in [3.05, 3.63) is 35.4 Å². The molecular weight excluding hydrogens is 366 g/mol. The Kier molecular flexibility index (Phi) is 4.51. The molecule has 2 aliphatic rings. The highest BCUT2D eigenvalue weighted by Crippen LogP contribution is 2.31. The molecule has 27 heavy (non-hydrogen) atoms. The minimum absolute atomic E-state index is 0.0747. The molecule has 0 fully saturated rings. The molecule has 9 heteroatoms. The summed E-state index contributed by atoms with van der Waals surface area (Å²) in [4.78, 5) is 18.1. The standard InChI is InChI=1S/C18H23N5O3S/c1-12-19-18-16(6-4-10-23(18)20-12)21-27(25,26)15-8-7-14-5-3-9-22(13(2)24)17(14)11-15/h7-8,11,16,21H,3-6,9-10H2,1-2H3/t16-/m0/s1. The molecule has 2 aliphatic heterocycles. The number of fused-ring (bicyclic) bond motifs is 2. The molecule has 2 aromatic rings. The molecule has 1 amide bonds. The van der Waals surface area contributed by atoms with E-state index >= 15 is 0 Å². The zero-order chi connectivity index (χ0) is 19.2. The number of carbonyl (C=O) groups excluding carboxylic acids is 1. The first-order chi connectivity index (χ1) is 12.8. The van der Waals surface area contributed by atoms with Crippen LogP contribution in [0.15, 0.2) is 23.1 Å². The van der Waals surface area contributed by atoms with Crippen molar-refractivity contribution in [3.63, 3.8) is 0 Å². The molecule has 0 spiro atoms. The highest BCUT2D eigenvalue weighted by Gasteiger charge is 2.30. The Morgan fingerprint density at radius 3 is 2.85 bits per heavy atom. The molecule has 4 rings (SSSR count). The Balaban J connectivity index is 1.65. The lowest BCUT2D eigenvalue weighted by atomic mass is 10.0. The van der Waals surface area contributed by atoms with Crippen molar-refractivity contribution in [3.8, 4) is 0 Å². The highest BCUT2D eigenvalue weighted by molar-refractivity contribution is 7.89. The van der Waals surface area contributed by atoms with Crippen LogP contribution in [0.1, 0.15) is 49.4 Å². The van der Waals surface area contributed by atoms with Crippen molar-refractivity contribution in [2.24, 2.45) is 0 Å². The van der Waals surface area contributed by atoms with E-state index in [-0.39, 0.29) is 10.8 Å². The Hall–Kier alpha value is -2.26. The maximum absolute atomic E-state index is 13.0. The topological polar surface area (TPSA) is 97.2 Å². The van der Waals surface area contributed by atoms with Gasteiger partial charge in [0, 0.05) is 25.7 Å². The fourth-order valence-corrected chi connectivity index (χ4v) is 5.13. The average molecular weight is 389 g/mol. The number of nitrogens with zero attached hydrogens (tertiary/aromatic N) is 4. The third-order valence-corrected chi connectivity index (χ3v) is 6.61. The van der Waals surface area contributed by atoms with Crippen LogP contribution in [-0.4, -0.2) is 35.6 Å². The number of nitrogens with one attached hydrogen (secondary N) is 1.